The Morgan fingerprint density at radius 3 is 2.50 bits per heavy atom. The summed E-state index contributed by atoms with van der Waals surface area (Å²) in [7, 11) is 0. The first-order valence-electron chi connectivity index (χ1n) is 5.55. The highest BCUT2D eigenvalue weighted by Crippen LogP contribution is 2.22. The van der Waals surface area contributed by atoms with Crippen LogP contribution in [0.25, 0.3) is 0 Å². The van der Waals surface area contributed by atoms with Crippen LogP contribution in [0.2, 0.25) is 0 Å². The van der Waals surface area contributed by atoms with Gasteiger partial charge in [-0.3, -0.25) is 0 Å². The molecule has 0 fully saturated rings. The Morgan fingerprint density at radius 2 is 2.00 bits per heavy atom. The van der Waals surface area contributed by atoms with E-state index in [4.69, 9.17) is 5.73 Å². The van der Waals surface area contributed by atoms with E-state index in [0.717, 1.165) is 12.5 Å². The van der Waals surface area contributed by atoms with Crippen molar-refractivity contribution in [3.8, 4) is 5.75 Å². The molecule has 6 heteroatoms. The summed E-state index contributed by atoms with van der Waals surface area (Å²) in [4.78, 5) is 0. The van der Waals surface area contributed by atoms with Gasteiger partial charge in [-0.25, -0.2) is 4.39 Å². The first-order valence-corrected chi connectivity index (χ1v) is 5.55. The second-order valence-electron chi connectivity index (χ2n) is 4.04. The summed E-state index contributed by atoms with van der Waals surface area (Å²) in [6.07, 6.45) is -3.25. The molecule has 102 valence electrons. The minimum absolute atomic E-state index is 0.0913. The number of nitrogens with two attached hydrogens (primary N) is 1. The molecule has 0 aliphatic carbocycles. The van der Waals surface area contributed by atoms with Crippen molar-refractivity contribution in [2.45, 2.75) is 32.0 Å². The van der Waals surface area contributed by atoms with E-state index in [1.807, 2.05) is 6.92 Å². The van der Waals surface area contributed by atoms with Gasteiger partial charge in [-0.1, -0.05) is 13.0 Å². The summed E-state index contributed by atoms with van der Waals surface area (Å²) in [5.41, 5.74) is 6.35. The highest BCUT2D eigenvalue weighted by Gasteiger charge is 2.28. The minimum Gasteiger partial charge on any atom is -0.481 e. The zero-order valence-electron chi connectivity index (χ0n) is 9.93. The Labute approximate surface area is 103 Å². The van der Waals surface area contributed by atoms with Crippen LogP contribution in [0.4, 0.5) is 17.6 Å². The monoisotopic (exact) mass is 265 g/mol. The Kier molecular flexibility index (Phi) is 4.95. The highest BCUT2D eigenvalue weighted by atomic mass is 19.4. The quantitative estimate of drug-likeness (QED) is 0.830. The van der Waals surface area contributed by atoms with E-state index < -0.39 is 24.3 Å². The molecule has 0 amide bonds. The molecular weight excluding hydrogens is 250 g/mol. The van der Waals surface area contributed by atoms with Crippen LogP contribution in [-0.4, -0.2) is 18.8 Å². The molecule has 1 aromatic carbocycles. The molecular formula is C12H15F4NO. The van der Waals surface area contributed by atoms with Crippen molar-refractivity contribution >= 4 is 0 Å². The third-order valence-electron chi connectivity index (χ3n) is 2.41. The number of hydrogen-bond donors (Lipinski definition) is 1. The molecule has 1 aromatic rings. The van der Waals surface area contributed by atoms with Crippen molar-refractivity contribution in [1.82, 2.24) is 0 Å². The molecule has 2 nitrogen and oxygen atoms in total. The molecule has 1 rings (SSSR count). The van der Waals surface area contributed by atoms with Crippen molar-refractivity contribution in [1.29, 1.82) is 0 Å². The van der Waals surface area contributed by atoms with Crippen molar-refractivity contribution in [2.24, 2.45) is 5.73 Å². The third-order valence-corrected chi connectivity index (χ3v) is 2.41. The Bertz CT molecular complexity index is 392. The van der Waals surface area contributed by atoms with E-state index in [-0.39, 0.29) is 6.04 Å². The van der Waals surface area contributed by atoms with Crippen LogP contribution in [0.3, 0.4) is 0 Å². The van der Waals surface area contributed by atoms with Crippen molar-refractivity contribution in [2.75, 3.05) is 6.61 Å². The first-order chi connectivity index (χ1) is 8.31. The maximum absolute atomic E-state index is 13.4. The van der Waals surface area contributed by atoms with Crippen LogP contribution in [0.1, 0.15) is 18.9 Å². The second kappa shape index (κ2) is 6.04. The number of halogens is 4. The molecule has 0 saturated carbocycles. The zero-order chi connectivity index (χ0) is 13.8. The van der Waals surface area contributed by atoms with Gasteiger partial charge in [-0.15, -0.1) is 0 Å². The van der Waals surface area contributed by atoms with Gasteiger partial charge in [-0.05, 0) is 30.5 Å². The molecule has 0 radical (unpaired) electrons. The predicted molar refractivity (Wildman–Crippen MR) is 59.9 cm³/mol. The van der Waals surface area contributed by atoms with Crippen molar-refractivity contribution in [3.63, 3.8) is 0 Å². The van der Waals surface area contributed by atoms with E-state index in [0.29, 0.717) is 12.0 Å². The standard InChI is InChI=1S/C12H15F4NO/c1-2-9(17)5-8-3-4-11(10(13)6-8)18-7-12(14,15)16/h3-4,6,9H,2,5,7,17H2,1H3. The normalized spacial score (nSPS) is 13.4. The van der Waals surface area contributed by atoms with Crippen LogP contribution >= 0.6 is 0 Å². The van der Waals surface area contributed by atoms with E-state index in [1.54, 1.807) is 0 Å². The molecule has 0 heterocycles. The number of hydrogen-bond acceptors (Lipinski definition) is 2. The summed E-state index contributed by atoms with van der Waals surface area (Å²) in [5, 5.41) is 0. The lowest BCUT2D eigenvalue weighted by atomic mass is 10.0. The van der Waals surface area contributed by atoms with E-state index in [2.05, 4.69) is 4.74 Å². The van der Waals surface area contributed by atoms with Gasteiger partial charge in [0, 0.05) is 6.04 Å². The SMILES string of the molecule is CCC(N)Cc1ccc(OCC(F)(F)F)c(F)c1. The maximum atomic E-state index is 13.4. The summed E-state index contributed by atoms with van der Waals surface area (Å²) in [5.74, 6) is -1.21. The predicted octanol–water partition coefficient (Wildman–Crippen LogP) is 3.05. The topological polar surface area (TPSA) is 35.2 Å². The fourth-order valence-electron chi connectivity index (χ4n) is 1.40. The van der Waals surface area contributed by atoms with Gasteiger partial charge < -0.3 is 10.5 Å². The zero-order valence-corrected chi connectivity index (χ0v) is 9.93. The van der Waals surface area contributed by atoms with Gasteiger partial charge in [0.1, 0.15) is 0 Å². The van der Waals surface area contributed by atoms with E-state index in [1.165, 1.54) is 12.1 Å². The molecule has 18 heavy (non-hydrogen) atoms. The Hall–Kier alpha value is -1.30. The summed E-state index contributed by atoms with van der Waals surface area (Å²) in [6, 6.07) is 3.77. The number of rotatable bonds is 5. The van der Waals surface area contributed by atoms with E-state index >= 15 is 0 Å². The highest BCUT2D eigenvalue weighted by molar-refractivity contribution is 5.29. The molecule has 0 aliphatic heterocycles. The fourth-order valence-corrected chi connectivity index (χ4v) is 1.40. The van der Waals surface area contributed by atoms with Crippen LogP contribution in [0, 0.1) is 5.82 Å². The number of benzene rings is 1. The van der Waals surface area contributed by atoms with Crippen LogP contribution in [-0.2, 0) is 6.42 Å². The van der Waals surface area contributed by atoms with Gasteiger partial charge in [0.15, 0.2) is 18.2 Å². The van der Waals surface area contributed by atoms with E-state index in [9.17, 15) is 17.6 Å². The van der Waals surface area contributed by atoms with Crippen molar-refractivity contribution < 1.29 is 22.3 Å². The largest absolute Gasteiger partial charge is 0.481 e. The van der Waals surface area contributed by atoms with Gasteiger partial charge in [-0.2, -0.15) is 13.2 Å². The molecule has 0 aromatic heterocycles. The van der Waals surface area contributed by atoms with Gasteiger partial charge in [0.05, 0.1) is 0 Å². The number of alkyl halides is 3. The maximum Gasteiger partial charge on any atom is 0.422 e. The van der Waals surface area contributed by atoms with Crippen LogP contribution < -0.4 is 10.5 Å². The summed E-state index contributed by atoms with van der Waals surface area (Å²) < 4.78 is 53.5. The molecule has 0 saturated heterocycles. The Morgan fingerprint density at radius 1 is 1.33 bits per heavy atom. The fraction of sp³-hybridized carbons (Fsp3) is 0.500. The molecule has 1 unspecified atom stereocenters. The van der Waals surface area contributed by atoms with Gasteiger partial charge in [0.25, 0.3) is 0 Å². The van der Waals surface area contributed by atoms with Crippen molar-refractivity contribution in [3.05, 3.63) is 29.6 Å². The van der Waals surface area contributed by atoms with Gasteiger partial charge >= 0.3 is 6.18 Å². The van der Waals surface area contributed by atoms with Crippen LogP contribution in [0.5, 0.6) is 5.75 Å². The van der Waals surface area contributed by atoms with Crippen LogP contribution in [0.15, 0.2) is 18.2 Å². The second-order valence-corrected chi connectivity index (χ2v) is 4.04. The average Bonchev–Trinajstić information content (AvgIpc) is 2.26. The summed E-state index contributed by atoms with van der Waals surface area (Å²) >= 11 is 0. The lowest BCUT2D eigenvalue weighted by Gasteiger charge is -2.12. The molecule has 0 bridgehead atoms. The average molecular weight is 265 g/mol. The lowest BCUT2D eigenvalue weighted by Crippen LogP contribution is -2.21. The summed E-state index contributed by atoms with van der Waals surface area (Å²) in [6.45, 7) is 0.402. The smallest absolute Gasteiger partial charge is 0.422 e. The molecule has 2 N–H and O–H groups in total. The van der Waals surface area contributed by atoms with Gasteiger partial charge in [0.2, 0.25) is 0 Å². The molecule has 0 spiro atoms. The first kappa shape index (κ1) is 14.8. The Balaban J connectivity index is 2.68. The third kappa shape index (κ3) is 4.91. The lowest BCUT2D eigenvalue weighted by molar-refractivity contribution is -0.153. The molecule has 0 aliphatic rings. The minimum atomic E-state index is -4.48. The number of ether oxygens (including phenoxy) is 1. The molecule has 1 atom stereocenters.